The Morgan fingerprint density at radius 2 is 1.81 bits per heavy atom. The van der Waals surface area contributed by atoms with Gasteiger partial charge in [-0.3, -0.25) is 9.52 Å². The molecule has 0 atom stereocenters. The van der Waals surface area contributed by atoms with Crippen molar-refractivity contribution < 1.29 is 17.6 Å². The molecule has 0 spiro atoms. The van der Waals surface area contributed by atoms with E-state index in [1.54, 1.807) is 23.1 Å². The summed E-state index contributed by atoms with van der Waals surface area (Å²) in [4.78, 5) is 14.3. The summed E-state index contributed by atoms with van der Waals surface area (Å²) in [6.07, 6.45) is 0.685. The van der Waals surface area contributed by atoms with Gasteiger partial charge >= 0.3 is 0 Å². The minimum absolute atomic E-state index is 0.0471. The van der Waals surface area contributed by atoms with E-state index in [9.17, 15) is 17.6 Å². The van der Waals surface area contributed by atoms with Crippen LogP contribution in [0.3, 0.4) is 0 Å². The first-order valence-electron chi connectivity index (χ1n) is 8.75. The van der Waals surface area contributed by atoms with Crippen LogP contribution in [0.5, 0.6) is 0 Å². The Morgan fingerprint density at radius 1 is 1.15 bits per heavy atom. The second kappa shape index (κ2) is 6.96. The molecule has 0 unspecified atom stereocenters. The van der Waals surface area contributed by atoms with Gasteiger partial charge in [0.15, 0.2) is 0 Å². The van der Waals surface area contributed by atoms with Crippen LogP contribution in [0.4, 0.5) is 15.8 Å². The summed E-state index contributed by atoms with van der Waals surface area (Å²) in [6, 6.07) is 10.6. The van der Waals surface area contributed by atoms with Gasteiger partial charge in [0.1, 0.15) is 5.82 Å². The Hall–Kier alpha value is -2.41. The average Bonchev–Trinajstić information content (AvgIpc) is 2.97. The zero-order valence-corrected chi connectivity index (χ0v) is 16.4. The SMILES string of the molecule is CC(C)(C)C(=O)N1CCc2cc(NS(=O)(=O)Cc3ccc(F)cc3)ccc21. The molecular formula is C20H23FN2O3S. The largest absolute Gasteiger partial charge is 0.311 e. The van der Waals surface area contributed by atoms with Crippen molar-refractivity contribution in [3.05, 3.63) is 59.4 Å². The monoisotopic (exact) mass is 390 g/mol. The first-order valence-corrected chi connectivity index (χ1v) is 10.4. The van der Waals surface area contributed by atoms with Crippen LogP contribution in [0.2, 0.25) is 0 Å². The zero-order chi connectivity index (χ0) is 19.8. The number of carbonyl (C=O) groups is 1. The van der Waals surface area contributed by atoms with Crippen molar-refractivity contribution in [3.8, 4) is 0 Å². The number of amides is 1. The molecule has 1 heterocycles. The van der Waals surface area contributed by atoms with Crippen molar-refractivity contribution in [2.45, 2.75) is 32.9 Å². The maximum absolute atomic E-state index is 13.0. The fourth-order valence-electron chi connectivity index (χ4n) is 3.10. The summed E-state index contributed by atoms with van der Waals surface area (Å²) in [5.41, 5.74) is 2.26. The predicted octanol–water partition coefficient (Wildman–Crippen LogP) is 3.70. The summed E-state index contributed by atoms with van der Waals surface area (Å²) in [6.45, 7) is 6.24. The summed E-state index contributed by atoms with van der Waals surface area (Å²) in [5, 5.41) is 0. The summed E-state index contributed by atoms with van der Waals surface area (Å²) < 4.78 is 40.3. The molecule has 0 fully saturated rings. The van der Waals surface area contributed by atoms with E-state index in [-0.39, 0.29) is 11.7 Å². The average molecular weight is 390 g/mol. The molecule has 5 nitrogen and oxygen atoms in total. The van der Waals surface area contributed by atoms with E-state index in [1.165, 1.54) is 24.3 Å². The molecular weight excluding hydrogens is 367 g/mol. The highest BCUT2D eigenvalue weighted by Crippen LogP contribution is 2.34. The van der Waals surface area contributed by atoms with Gasteiger partial charge in [-0.25, -0.2) is 12.8 Å². The van der Waals surface area contributed by atoms with Crippen LogP contribution in [0.15, 0.2) is 42.5 Å². The molecule has 27 heavy (non-hydrogen) atoms. The van der Waals surface area contributed by atoms with Gasteiger partial charge in [0.2, 0.25) is 15.9 Å². The van der Waals surface area contributed by atoms with Crippen LogP contribution < -0.4 is 9.62 Å². The van der Waals surface area contributed by atoms with Gasteiger partial charge in [-0.1, -0.05) is 32.9 Å². The number of sulfonamides is 1. The normalized spacial score (nSPS) is 14.1. The van der Waals surface area contributed by atoms with Crippen molar-refractivity contribution in [2.75, 3.05) is 16.2 Å². The third kappa shape index (κ3) is 4.47. The quantitative estimate of drug-likeness (QED) is 0.866. The molecule has 1 aliphatic heterocycles. The van der Waals surface area contributed by atoms with Crippen LogP contribution >= 0.6 is 0 Å². The lowest BCUT2D eigenvalue weighted by Crippen LogP contribution is -2.38. The number of benzene rings is 2. The molecule has 7 heteroatoms. The Balaban J connectivity index is 1.76. The van der Waals surface area contributed by atoms with Crippen LogP contribution in [0.1, 0.15) is 31.9 Å². The van der Waals surface area contributed by atoms with Crippen molar-refractivity contribution in [3.63, 3.8) is 0 Å². The van der Waals surface area contributed by atoms with Crippen molar-refractivity contribution in [1.29, 1.82) is 0 Å². The van der Waals surface area contributed by atoms with E-state index in [1.807, 2.05) is 20.8 Å². The number of nitrogens with one attached hydrogen (secondary N) is 1. The van der Waals surface area contributed by atoms with Gasteiger partial charge in [-0.15, -0.1) is 0 Å². The Labute approximate surface area is 159 Å². The summed E-state index contributed by atoms with van der Waals surface area (Å²) in [5.74, 6) is -0.595. The van der Waals surface area contributed by atoms with Gasteiger partial charge in [0.25, 0.3) is 0 Å². The number of nitrogens with zero attached hydrogens (tertiary/aromatic N) is 1. The number of rotatable bonds is 4. The lowest BCUT2D eigenvalue weighted by molar-refractivity contribution is -0.125. The summed E-state index contributed by atoms with van der Waals surface area (Å²) in [7, 11) is -3.62. The Morgan fingerprint density at radius 3 is 2.44 bits per heavy atom. The molecule has 0 saturated carbocycles. The maximum Gasteiger partial charge on any atom is 0.236 e. The fourth-order valence-corrected chi connectivity index (χ4v) is 4.29. The Kier molecular flexibility index (Phi) is 4.99. The van der Waals surface area contributed by atoms with Crippen LogP contribution in [0.25, 0.3) is 0 Å². The smallest absolute Gasteiger partial charge is 0.236 e. The number of halogens is 1. The van der Waals surface area contributed by atoms with Gasteiger partial charge in [-0.05, 0) is 47.9 Å². The van der Waals surface area contributed by atoms with Gasteiger partial charge in [0, 0.05) is 23.3 Å². The lowest BCUT2D eigenvalue weighted by Gasteiger charge is -2.26. The van der Waals surface area contributed by atoms with E-state index in [0.29, 0.717) is 24.2 Å². The molecule has 1 aliphatic rings. The minimum atomic E-state index is -3.62. The fraction of sp³-hybridized carbons (Fsp3) is 0.350. The third-order valence-corrected chi connectivity index (χ3v) is 5.67. The highest BCUT2D eigenvalue weighted by Gasteiger charge is 2.32. The number of anilines is 2. The van der Waals surface area contributed by atoms with E-state index >= 15 is 0 Å². The second-order valence-corrected chi connectivity index (χ2v) is 9.51. The highest BCUT2D eigenvalue weighted by molar-refractivity contribution is 7.91. The van der Waals surface area contributed by atoms with Crippen molar-refractivity contribution in [1.82, 2.24) is 0 Å². The molecule has 1 N–H and O–H groups in total. The summed E-state index contributed by atoms with van der Waals surface area (Å²) >= 11 is 0. The van der Waals surface area contributed by atoms with E-state index in [0.717, 1.165) is 11.3 Å². The first-order chi connectivity index (χ1) is 12.5. The Bertz CT molecular complexity index is 964. The van der Waals surface area contributed by atoms with Crippen molar-refractivity contribution in [2.24, 2.45) is 5.41 Å². The molecule has 1 amide bonds. The third-order valence-electron chi connectivity index (χ3n) is 4.41. The predicted molar refractivity (Wildman–Crippen MR) is 105 cm³/mol. The van der Waals surface area contributed by atoms with E-state index in [4.69, 9.17) is 0 Å². The van der Waals surface area contributed by atoms with Gasteiger partial charge in [-0.2, -0.15) is 0 Å². The molecule has 3 rings (SSSR count). The number of hydrogen-bond donors (Lipinski definition) is 1. The molecule has 2 aromatic rings. The molecule has 2 aromatic carbocycles. The number of carbonyl (C=O) groups excluding carboxylic acids is 1. The van der Waals surface area contributed by atoms with E-state index < -0.39 is 21.3 Å². The van der Waals surface area contributed by atoms with Gasteiger partial charge < -0.3 is 4.90 Å². The first kappa shape index (κ1) is 19.4. The molecule has 0 aliphatic carbocycles. The molecule has 0 bridgehead atoms. The van der Waals surface area contributed by atoms with Crippen LogP contribution in [-0.4, -0.2) is 20.9 Å². The lowest BCUT2D eigenvalue weighted by atomic mass is 9.94. The standard InChI is InChI=1S/C20H23FN2O3S/c1-20(2,3)19(24)23-11-10-15-12-17(8-9-18(15)23)22-27(25,26)13-14-4-6-16(21)7-5-14/h4-9,12,22H,10-11,13H2,1-3H3. The maximum atomic E-state index is 13.0. The molecule has 144 valence electrons. The van der Waals surface area contributed by atoms with Crippen molar-refractivity contribution >= 4 is 27.3 Å². The minimum Gasteiger partial charge on any atom is -0.311 e. The van der Waals surface area contributed by atoms with E-state index in [2.05, 4.69) is 4.72 Å². The number of hydrogen-bond acceptors (Lipinski definition) is 3. The van der Waals surface area contributed by atoms with Gasteiger partial charge in [0.05, 0.1) is 5.75 Å². The molecule has 0 aromatic heterocycles. The van der Waals surface area contributed by atoms with Crippen LogP contribution in [0, 0.1) is 11.2 Å². The molecule has 0 saturated heterocycles. The molecule has 0 radical (unpaired) electrons. The second-order valence-electron chi connectivity index (χ2n) is 7.79. The highest BCUT2D eigenvalue weighted by atomic mass is 32.2. The topological polar surface area (TPSA) is 66.5 Å². The zero-order valence-electron chi connectivity index (χ0n) is 15.6. The van der Waals surface area contributed by atoms with Crippen LogP contribution in [-0.2, 0) is 27.0 Å². The number of fused-ring (bicyclic) bond motifs is 1.